The monoisotopic (exact) mass is 370 g/mol. The van der Waals surface area contributed by atoms with Gasteiger partial charge in [0.25, 0.3) is 0 Å². The van der Waals surface area contributed by atoms with Crippen LogP contribution in [-0.2, 0) is 4.79 Å². The van der Waals surface area contributed by atoms with E-state index < -0.39 is 12.8 Å². The summed E-state index contributed by atoms with van der Waals surface area (Å²) in [5, 5.41) is 3.10. The molecule has 2 heterocycles. The van der Waals surface area contributed by atoms with Gasteiger partial charge in [-0.05, 0) is 37.6 Å². The van der Waals surface area contributed by atoms with Gasteiger partial charge in [-0.15, -0.1) is 11.3 Å². The number of thiophene rings is 1. The molecule has 2 aromatic heterocycles. The quantitative estimate of drug-likeness (QED) is 0.834. The van der Waals surface area contributed by atoms with Crippen LogP contribution >= 0.6 is 11.3 Å². The van der Waals surface area contributed by atoms with Crippen molar-refractivity contribution in [1.29, 1.82) is 0 Å². The summed E-state index contributed by atoms with van der Waals surface area (Å²) in [5.74, 6) is -0.0185. The topological polar surface area (TPSA) is 51.2 Å². The molecule has 1 N–H and O–H groups in total. The number of carbonyl (C=O) groups excluding carboxylic acids is 1. The van der Waals surface area contributed by atoms with Gasteiger partial charge in [-0.25, -0.2) is 0 Å². The van der Waals surface area contributed by atoms with Crippen LogP contribution in [0, 0.1) is 5.92 Å². The zero-order valence-electron chi connectivity index (χ0n) is 13.4. The molecule has 2 aromatic rings. The summed E-state index contributed by atoms with van der Waals surface area (Å²) in [7, 11) is 0. The minimum absolute atomic E-state index is 0.0608. The number of nitrogens with zero attached hydrogens (tertiary/aromatic N) is 1. The lowest BCUT2D eigenvalue weighted by molar-refractivity contribution is -0.152. The zero-order chi connectivity index (χ0) is 18.0. The Morgan fingerprint density at radius 2 is 2.20 bits per heavy atom. The van der Waals surface area contributed by atoms with Gasteiger partial charge in [0.05, 0.1) is 6.04 Å². The summed E-state index contributed by atoms with van der Waals surface area (Å²) < 4.78 is 41.2. The van der Waals surface area contributed by atoms with E-state index in [2.05, 4.69) is 10.3 Å². The predicted molar refractivity (Wildman–Crippen MR) is 87.5 cm³/mol. The lowest BCUT2D eigenvalue weighted by Crippen LogP contribution is -2.28. The van der Waals surface area contributed by atoms with Crippen molar-refractivity contribution in [2.24, 2.45) is 5.92 Å². The second kappa shape index (κ2) is 7.03. The smallest absolute Gasteiger partial charge is 0.422 e. The molecule has 3 rings (SSSR count). The lowest BCUT2D eigenvalue weighted by Gasteiger charge is -2.12. The van der Waals surface area contributed by atoms with Crippen LogP contribution in [0.2, 0.25) is 0 Å². The van der Waals surface area contributed by atoms with E-state index in [9.17, 15) is 18.0 Å². The molecule has 0 bridgehead atoms. The van der Waals surface area contributed by atoms with Gasteiger partial charge in [-0.3, -0.25) is 9.78 Å². The standard InChI is InChI=1S/C17H17F3N2O2S/c1-10(14-5-6-15(25-14)24-9-17(18,19)20)22-16(23)12-8-11(12)13-4-2-3-7-21-13/h2-7,10-12H,8-9H2,1H3,(H,22,23)/t10-,11-,12-/m1/s1. The fourth-order valence-electron chi connectivity index (χ4n) is 2.60. The molecular weight excluding hydrogens is 353 g/mol. The highest BCUT2D eigenvalue weighted by molar-refractivity contribution is 7.13. The number of aromatic nitrogens is 1. The molecule has 3 atom stereocenters. The van der Waals surface area contributed by atoms with E-state index in [0.717, 1.165) is 28.3 Å². The number of rotatable bonds is 6. The minimum Gasteiger partial charge on any atom is -0.475 e. The molecule has 1 fully saturated rings. The molecule has 1 aliphatic rings. The predicted octanol–water partition coefficient (Wildman–Crippen LogP) is 4.07. The van der Waals surface area contributed by atoms with Crippen molar-refractivity contribution >= 4 is 17.2 Å². The largest absolute Gasteiger partial charge is 0.475 e. The van der Waals surface area contributed by atoms with E-state index in [1.165, 1.54) is 6.07 Å². The molecule has 1 saturated carbocycles. The van der Waals surface area contributed by atoms with E-state index >= 15 is 0 Å². The van der Waals surface area contributed by atoms with E-state index in [4.69, 9.17) is 4.74 Å². The molecule has 1 amide bonds. The first-order valence-corrected chi connectivity index (χ1v) is 8.66. The summed E-state index contributed by atoms with van der Waals surface area (Å²) in [6.45, 7) is 0.483. The van der Waals surface area contributed by atoms with Gasteiger partial charge in [-0.1, -0.05) is 6.07 Å². The van der Waals surface area contributed by atoms with Gasteiger partial charge in [0.15, 0.2) is 11.7 Å². The van der Waals surface area contributed by atoms with Gasteiger partial charge in [0, 0.05) is 28.6 Å². The number of amides is 1. The highest BCUT2D eigenvalue weighted by Crippen LogP contribution is 2.47. The number of halogens is 3. The number of alkyl halides is 3. The summed E-state index contributed by atoms with van der Waals surface area (Å²) in [5.41, 5.74) is 0.911. The van der Waals surface area contributed by atoms with Gasteiger partial charge in [0.1, 0.15) is 0 Å². The molecule has 0 spiro atoms. The zero-order valence-corrected chi connectivity index (χ0v) is 14.2. The maximum Gasteiger partial charge on any atom is 0.422 e. The molecule has 0 saturated heterocycles. The third-order valence-electron chi connectivity index (χ3n) is 3.96. The molecule has 0 aliphatic heterocycles. The number of ether oxygens (including phenoxy) is 1. The Morgan fingerprint density at radius 1 is 1.40 bits per heavy atom. The first-order chi connectivity index (χ1) is 11.8. The fraction of sp³-hybridized carbons (Fsp3) is 0.412. The molecular formula is C17H17F3N2O2S. The van der Waals surface area contributed by atoms with Gasteiger partial charge in [0.2, 0.25) is 5.91 Å². The Balaban J connectivity index is 1.52. The van der Waals surface area contributed by atoms with Crippen molar-refractivity contribution in [2.75, 3.05) is 6.61 Å². The number of carbonyl (C=O) groups is 1. The summed E-state index contributed by atoms with van der Waals surface area (Å²) in [4.78, 5) is 17.3. The van der Waals surface area contributed by atoms with Crippen LogP contribution in [0.5, 0.6) is 5.06 Å². The van der Waals surface area contributed by atoms with Gasteiger partial charge >= 0.3 is 6.18 Å². The van der Waals surface area contributed by atoms with Crippen molar-refractivity contribution in [3.8, 4) is 5.06 Å². The molecule has 4 nitrogen and oxygen atoms in total. The SMILES string of the molecule is C[C@@H](NC(=O)[C@@H]1C[C@H]1c1ccccn1)c1ccc(OCC(F)(F)F)s1. The average Bonchev–Trinajstić information content (AvgIpc) is 3.23. The Bertz CT molecular complexity index is 733. The van der Waals surface area contributed by atoms with Crippen LogP contribution in [0.15, 0.2) is 36.5 Å². The van der Waals surface area contributed by atoms with Crippen LogP contribution in [0.3, 0.4) is 0 Å². The second-order valence-electron chi connectivity index (χ2n) is 5.99. The van der Waals surface area contributed by atoms with Gasteiger partial charge in [-0.2, -0.15) is 13.2 Å². The summed E-state index contributed by atoms with van der Waals surface area (Å²) in [6.07, 6.45) is -1.89. The molecule has 25 heavy (non-hydrogen) atoms. The van der Waals surface area contributed by atoms with Gasteiger partial charge < -0.3 is 10.1 Å². The Kier molecular flexibility index (Phi) is 4.99. The van der Waals surface area contributed by atoms with E-state index in [0.29, 0.717) is 0 Å². The third kappa shape index (κ3) is 4.72. The number of hydrogen-bond donors (Lipinski definition) is 1. The molecule has 0 aromatic carbocycles. The maximum atomic E-state index is 12.3. The van der Waals surface area contributed by atoms with E-state index in [1.807, 2.05) is 18.2 Å². The van der Waals surface area contributed by atoms with Crippen LogP contribution in [0.1, 0.15) is 35.9 Å². The molecule has 0 unspecified atom stereocenters. The van der Waals surface area contributed by atoms with Crippen molar-refractivity contribution in [2.45, 2.75) is 31.5 Å². The Hall–Kier alpha value is -2.09. The van der Waals surface area contributed by atoms with Crippen LogP contribution in [-0.4, -0.2) is 23.7 Å². The first-order valence-electron chi connectivity index (χ1n) is 7.84. The van der Waals surface area contributed by atoms with Crippen LogP contribution in [0.4, 0.5) is 13.2 Å². The van der Waals surface area contributed by atoms with Crippen molar-refractivity contribution in [3.05, 3.63) is 47.1 Å². The Morgan fingerprint density at radius 3 is 2.88 bits per heavy atom. The normalized spacial score (nSPS) is 20.8. The molecule has 1 aliphatic carbocycles. The van der Waals surface area contributed by atoms with Crippen LogP contribution in [0.25, 0.3) is 0 Å². The first kappa shape index (κ1) is 17.7. The average molecular weight is 370 g/mol. The summed E-state index contributed by atoms with van der Waals surface area (Å²) in [6, 6.07) is 8.51. The number of hydrogen-bond acceptors (Lipinski definition) is 4. The fourth-order valence-corrected chi connectivity index (χ4v) is 3.45. The van der Waals surface area contributed by atoms with Crippen molar-refractivity contribution < 1.29 is 22.7 Å². The van der Waals surface area contributed by atoms with E-state index in [-0.39, 0.29) is 28.8 Å². The highest BCUT2D eigenvalue weighted by Gasteiger charge is 2.45. The minimum atomic E-state index is -4.36. The molecule has 8 heteroatoms. The lowest BCUT2D eigenvalue weighted by atomic mass is 10.2. The van der Waals surface area contributed by atoms with Crippen LogP contribution < -0.4 is 10.1 Å². The number of pyridine rings is 1. The highest BCUT2D eigenvalue weighted by atomic mass is 32.1. The summed E-state index contributed by atoms with van der Waals surface area (Å²) >= 11 is 1.10. The Labute approximate surface area is 147 Å². The van der Waals surface area contributed by atoms with Crippen molar-refractivity contribution in [3.63, 3.8) is 0 Å². The number of nitrogens with one attached hydrogen (secondary N) is 1. The van der Waals surface area contributed by atoms with Crippen molar-refractivity contribution in [1.82, 2.24) is 10.3 Å². The third-order valence-corrected chi connectivity index (χ3v) is 5.14. The maximum absolute atomic E-state index is 12.3. The second-order valence-corrected chi connectivity index (χ2v) is 7.07. The molecule has 134 valence electrons. The molecule has 0 radical (unpaired) electrons. The van der Waals surface area contributed by atoms with E-state index in [1.54, 1.807) is 19.2 Å².